The average Bonchev–Trinajstić information content (AvgIpc) is 1.03. The monoisotopic (exact) mass is 1450 g/mol. The van der Waals surface area contributed by atoms with Crippen molar-refractivity contribution in [2.75, 3.05) is 90.8 Å². The van der Waals surface area contributed by atoms with Crippen LogP contribution in [0.15, 0.2) is 18.6 Å². The van der Waals surface area contributed by atoms with Gasteiger partial charge in [-0.1, -0.05) is 15.6 Å². The molecular formula is C52H87N9O34S2. The molecule has 3 aromatic rings. The van der Waals surface area contributed by atoms with Crippen LogP contribution in [-0.4, -0.2) is 394 Å². The molecule has 0 spiro atoms. The van der Waals surface area contributed by atoms with E-state index in [9.17, 15) is 105 Å². The van der Waals surface area contributed by atoms with Crippen LogP contribution in [-0.2, 0) is 111 Å². The van der Waals surface area contributed by atoms with Gasteiger partial charge < -0.3 is 154 Å². The van der Waals surface area contributed by atoms with Crippen LogP contribution in [0, 0.1) is 5.41 Å². The molecule has 19 N–H and O–H groups in total. The van der Waals surface area contributed by atoms with Gasteiger partial charge in [0, 0.05) is 5.75 Å². The molecule has 43 nitrogen and oxygen atoms in total. The molecule has 8 rings (SSSR count). The third-order valence-corrected chi connectivity index (χ3v) is 18.8. The summed E-state index contributed by atoms with van der Waals surface area (Å²) in [6.07, 6.45) is -34.0. The van der Waals surface area contributed by atoms with Crippen LogP contribution >= 0.6 is 11.8 Å². The lowest BCUT2D eigenvalue weighted by Gasteiger charge is -2.46. The molecular weight excluding hydrogens is 1360 g/mol. The first kappa shape index (κ1) is 79.1. The molecule has 0 radical (unpaired) electrons. The van der Waals surface area contributed by atoms with Crippen LogP contribution in [0.4, 0.5) is 0 Å². The van der Waals surface area contributed by atoms with Crippen molar-refractivity contribution >= 4 is 21.9 Å². The molecule has 556 valence electrons. The second-order valence-electron chi connectivity index (χ2n) is 23.5. The van der Waals surface area contributed by atoms with Crippen LogP contribution in [0.3, 0.4) is 0 Å². The Morgan fingerprint density at radius 3 is 1.11 bits per heavy atom. The highest BCUT2D eigenvalue weighted by molar-refractivity contribution is 8.00. The molecule has 0 unspecified atom stereocenters. The van der Waals surface area contributed by atoms with Gasteiger partial charge in [0.1, 0.15) is 145 Å². The molecule has 5 saturated heterocycles. The van der Waals surface area contributed by atoms with Crippen molar-refractivity contribution in [2.24, 2.45) is 5.41 Å². The Labute approximate surface area is 555 Å². The number of aliphatic hydroxyl groups is 19. The van der Waals surface area contributed by atoms with Crippen molar-refractivity contribution in [2.45, 2.75) is 192 Å². The van der Waals surface area contributed by atoms with E-state index in [1.165, 1.54) is 32.6 Å². The largest absolute Gasteiger partial charge is 0.394 e. The van der Waals surface area contributed by atoms with Crippen molar-refractivity contribution < 1.29 is 166 Å². The van der Waals surface area contributed by atoms with Crippen molar-refractivity contribution in [3.63, 3.8) is 0 Å². The number of aliphatic hydroxyl groups excluding tert-OH is 19. The van der Waals surface area contributed by atoms with Gasteiger partial charge in [-0.25, -0.2) is 14.0 Å². The van der Waals surface area contributed by atoms with Gasteiger partial charge in [0.15, 0.2) is 25.2 Å². The van der Waals surface area contributed by atoms with Crippen LogP contribution in [0.5, 0.6) is 0 Å². The second-order valence-corrected chi connectivity index (χ2v) is 26.5. The molecule has 3 aromatic heterocycles. The molecule has 5 fully saturated rings. The second kappa shape index (κ2) is 37.0. The number of hydrogen-bond acceptors (Lipinski definition) is 41. The predicted octanol–water partition coefficient (Wildman–Crippen LogP) is -13.4. The minimum atomic E-state index is -4.61. The van der Waals surface area contributed by atoms with Crippen molar-refractivity contribution in [1.29, 1.82) is 0 Å². The fraction of sp³-hybridized carbons (Fsp3) is 0.885. The number of thioether (sulfide) groups is 1. The molecule has 25 atom stereocenters. The average molecular weight is 1450 g/mol. The SMILES string of the molecule is O=S(=O)(CCS[C@@H]1O[C@H](CO)[C@@H](O[C@@H]2O[C@H](CO)[C@H](O)[C@H](O)[C@H]2O)[C@H](O)[C@H]1O)OCC(COCc1cn(CCO[C@H]2O[C@H](CO)[C@@H](O)[C@H](O)[C@@H]2O)nn1)(COCc1cn(CCO[C@H]2O[C@H](CO)[C@@H](O)[C@H](O)[C@@H]2O)nn1)COCc1cn(CCO[C@H]2O[C@H](CO)[C@@H](O)[C@H](O)[C@@H]2O)nn1. The molecule has 97 heavy (non-hydrogen) atoms. The zero-order valence-electron chi connectivity index (χ0n) is 51.8. The smallest absolute Gasteiger partial charge is 0.268 e. The first-order valence-corrected chi connectivity index (χ1v) is 33.2. The van der Waals surface area contributed by atoms with Crippen LogP contribution in [0.1, 0.15) is 17.1 Å². The van der Waals surface area contributed by atoms with E-state index in [0.29, 0.717) is 11.8 Å². The number of hydrogen-bond donors (Lipinski definition) is 19. The van der Waals surface area contributed by atoms with Crippen LogP contribution < -0.4 is 0 Å². The maximum absolute atomic E-state index is 14.0. The summed E-state index contributed by atoms with van der Waals surface area (Å²) in [5, 5.41) is 219. The van der Waals surface area contributed by atoms with E-state index in [1.807, 2.05) is 0 Å². The quantitative estimate of drug-likeness (QED) is 0.0237. The topological polar surface area (TPSA) is 631 Å². The molecule has 0 amide bonds. The maximum atomic E-state index is 14.0. The first-order chi connectivity index (χ1) is 46.3. The Morgan fingerprint density at radius 1 is 0.423 bits per heavy atom. The lowest BCUT2D eigenvalue weighted by Crippen LogP contribution is -2.64. The summed E-state index contributed by atoms with van der Waals surface area (Å²) in [5.74, 6) is -1.15. The summed E-state index contributed by atoms with van der Waals surface area (Å²) in [4.78, 5) is 0. The molecule has 5 aliphatic heterocycles. The Kier molecular flexibility index (Phi) is 30.2. The van der Waals surface area contributed by atoms with Gasteiger partial charge in [0.25, 0.3) is 10.1 Å². The maximum Gasteiger partial charge on any atom is 0.268 e. The summed E-state index contributed by atoms with van der Waals surface area (Å²) in [6.45, 7) is -7.14. The highest BCUT2D eigenvalue weighted by Crippen LogP contribution is 2.34. The van der Waals surface area contributed by atoms with E-state index in [-0.39, 0.29) is 82.1 Å². The van der Waals surface area contributed by atoms with E-state index in [2.05, 4.69) is 30.9 Å². The van der Waals surface area contributed by atoms with Gasteiger partial charge in [-0.2, -0.15) is 8.42 Å². The Balaban J connectivity index is 0.947. The lowest BCUT2D eigenvalue weighted by molar-refractivity contribution is -0.338. The van der Waals surface area contributed by atoms with E-state index < -0.39 is 233 Å². The minimum absolute atomic E-state index is 0.00167. The summed E-state index contributed by atoms with van der Waals surface area (Å²) in [7, 11) is -4.61. The highest BCUT2D eigenvalue weighted by Gasteiger charge is 2.52. The fourth-order valence-corrected chi connectivity index (χ4v) is 13.1. The van der Waals surface area contributed by atoms with Crippen LogP contribution in [0.25, 0.3) is 0 Å². The molecule has 8 heterocycles. The van der Waals surface area contributed by atoms with E-state index in [4.69, 9.17) is 61.0 Å². The fourth-order valence-electron chi connectivity index (χ4n) is 10.5. The first-order valence-electron chi connectivity index (χ1n) is 30.6. The van der Waals surface area contributed by atoms with Gasteiger partial charge in [0.05, 0.1) is 148 Å². The van der Waals surface area contributed by atoms with E-state index in [0.717, 1.165) is 0 Å². The molecule has 0 bridgehead atoms. The predicted molar refractivity (Wildman–Crippen MR) is 309 cm³/mol. The lowest BCUT2D eigenvalue weighted by atomic mass is 9.92. The van der Waals surface area contributed by atoms with Crippen molar-refractivity contribution in [3.8, 4) is 0 Å². The van der Waals surface area contributed by atoms with E-state index >= 15 is 0 Å². The molecule has 45 heteroatoms. The zero-order valence-corrected chi connectivity index (χ0v) is 53.4. The molecule has 0 aromatic carbocycles. The molecule has 0 saturated carbocycles. The van der Waals surface area contributed by atoms with Crippen molar-refractivity contribution in [1.82, 2.24) is 45.0 Å². The number of nitrogens with zero attached hydrogens (tertiary/aromatic N) is 9. The Morgan fingerprint density at radius 2 is 0.763 bits per heavy atom. The van der Waals surface area contributed by atoms with Gasteiger partial charge in [0.2, 0.25) is 0 Å². The van der Waals surface area contributed by atoms with Gasteiger partial charge in [-0.05, 0) is 0 Å². The number of ether oxygens (including phenoxy) is 12. The minimum Gasteiger partial charge on any atom is -0.394 e. The summed E-state index contributed by atoms with van der Waals surface area (Å²) >= 11 is 0.698. The summed E-state index contributed by atoms with van der Waals surface area (Å²) < 4.78 is 106. The summed E-state index contributed by atoms with van der Waals surface area (Å²) in [6, 6.07) is 0. The Hall–Kier alpha value is -3.56. The zero-order chi connectivity index (χ0) is 70.3. The normalized spacial score (nSPS) is 36.1. The summed E-state index contributed by atoms with van der Waals surface area (Å²) in [5.41, 5.74) is -2.36. The third kappa shape index (κ3) is 20.8. The number of aromatic nitrogens is 9. The van der Waals surface area contributed by atoms with Crippen LogP contribution in [0.2, 0.25) is 0 Å². The highest BCUT2D eigenvalue weighted by atomic mass is 32.2. The molecule has 0 aliphatic carbocycles. The van der Waals surface area contributed by atoms with Gasteiger partial charge in [-0.15, -0.1) is 27.1 Å². The Bertz CT molecular complexity index is 2680. The van der Waals surface area contributed by atoms with Gasteiger partial charge >= 0.3 is 0 Å². The van der Waals surface area contributed by atoms with E-state index in [1.54, 1.807) is 0 Å². The molecule has 5 aliphatic rings. The van der Waals surface area contributed by atoms with Crippen molar-refractivity contribution in [3.05, 3.63) is 35.7 Å². The standard InChI is InChI=1S/C52H87N9O34S2/c62-12-27-32(67)36(71)41(76)47(90-27)86-4-1-59-9-24(53-56-59)17-83-20-52(21-84-18-25-10-60(57-54-25)2-5-87-48-42(77)37(72)33(68)28(13-63)91-48,22-85-19-26-11-61(58-55-26)3-6-88-49-43(78)38(73)34(69)29(14-64)92-49)23-89-97(81,82)8-7-96-51-45(80)40(75)46(31(16-66)94-51)95-50-44(79)39(74)35(70)30(15-65)93-50/h9-11,27-51,62-80H,1-8,12-23H2/t27-,28-,29-,30-,31-,32-,33-,34-,35+,36+,37+,38+,39+,40-,41+,42+,43+,44-,45-,46-,47+,48+,49+,50+,51+/m1/s1. The van der Waals surface area contributed by atoms with Gasteiger partial charge in [-0.3, -0.25) is 4.18 Å². The third-order valence-electron chi connectivity index (χ3n) is 16.2. The number of rotatable bonds is 38.